The van der Waals surface area contributed by atoms with Gasteiger partial charge in [0, 0.05) is 10.9 Å². The average Bonchev–Trinajstić information content (AvgIpc) is 2.50. The number of rotatable bonds is 1. The molecule has 0 aliphatic heterocycles. The summed E-state index contributed by atoms with van der Waals surface area (Å²) in [7, 11) is 0. The first-order valence-electron chi connectivity index (χ1n) is 4.30. The molecule has 1 saturated carbocycles. The van der Waals surface area contributed by atoms with Gasteiger partial charge in [-0.15, -0.1) is 0 Å². The predicted molar refractivity (Wildman–Crippen MR) is 54.3 cm³/mol. The zero-order valence-electron chi connectivity index (χ0n) is 7.65. The van der Waals surface area contributed by atoms with Gasteiger partial charge >= 0.3 is 0 Å². The molecule has 0 aromatic heterocycles. The minimum absolute atomic E-state index is 0.262. The molecule has 1 unspecified atom stereocenters. The van der Waals surface area contributed by atoms with Crippen LogP contribution in [0.4, 0.5) is 8.78 Å². The van der Waals surface area contributed by atoms with E-state index in [0.29, 0.717) is 10.0 Å². The largest absolute Gasteiger partial charge is 0.316 e. The lowest BCUT2D eigenvalue weighted by atomic mass is 10.0. The van der Waals surface area contributed by atoms with Crippen LogP contribution >= 0.6 is 15.9 Å². The van der Waals surface area contributed by atoms with E-state index >= 15 is 0 Å². The number of halogens is 3. The van der Waals surface area contributed by atoms with E-state index in [4.69, 9.17) is 5.73 Å². The van der Waals surface area contributed by atoms with Crippen molar-refractivity contribution in [2.75, 3.05) is 0 Å². The molecule has 1 aromatic carbocycles. The van der Waals surface area contributed by atoms with E-state index in [2.05, 4.69) is 15.9 Å². The third-order valence-corrected chi connectivity index (χ3v) is 3.29. The Hall–Kier alpha value is -0.480. The first-order valence-corrected chi connectivity index (χ1v) is 5.09. The van der Waals surface area contributed by atoms with Crippen LogP contribution in [0.2, 0.25) is 0 Å². The Bertz CT molecular complexity index is 392. The van der Waals surface area contributed by atoms with Crippen molar-refractivity contribution in [2.24, 2.45) is 5.73 Å². The highest BCUT2D eigenvalue weighted by molar-refractivity contribution is 9.10. The summed E-state index contributed by atoms with van der Waals surface area (Å²) in [6.45, 7) is 1.91. The smallest absolute Gasteiger partial charge is 0.272 e. The topological polar surface area (TPSA) is 26.0 Å². The average molecular weight is 262 g/mol. The van der Waals surface area contributed by atoms with Crippen LogP contribution in [-0.2, 0) is 5.54 Å². The Morgan fingerprint density at radius 1 is 1.43 bits per heavy atom. The van der Waals surface area contributed by atoms with Crippen LogP contribution in [0, 0.1) is 6.92 Å². The number of nitrogens with two attached hydrogens (primary N) is 1. The number of aryl methyl sites for hydroxylation is 1. The monoisotopic (exact) mass is 261 g/mol. The van der Waals surface area contributed by atoms with E-state index in [-0.39, 0.29) is 6.42 Å². The molecule has 1 nitrogen and oxygen atoms in total. The second kappa shape index (κ2) is 2.76. The van der Waals surface area contributed by atoms with Crippen LogP contribution in [0.1, 0.15) is 17.5 Å². The summed E-state index contributed by atoms with van der Waals surface area (Å²) in [5.41, 5.74) is 5.67. The van der Waals surface area contributed by atoms with Crippen LogP contribution in [0.25, 0.3) is 0 Å². The molecule has 0 saturated heterocycles. The molecule has 1 aliphatic rings. The van der Waals surface area contributed by atoms with E-state index in [1.807, 2.05) is 6.92 Å². The molecule has 76 valence electrons. The molecule has 0 heterocycles. The van der Waals surface area contributed by atoms with Crippen LogP contribution in [0.15, 0.2) is 22.7 Å². The molecule has 1 aliphatic carbocycles. The van der Waals surface area contributed by atoms with Gasteiger partial charge in [-0.2, -0.15) is 0 Å². The highest BCUT2D eigenvalue weighted by atomic mass is 79.9. The summed E-state index contributed by atoms with van der Waals surface area (Å²) in [4.78, 5) is 0. The van der Waals surface area contributed by atoms with Gasteiger partial charge in [-0.3, -0.25) is 0 Å². The molecule has 2 N–H and O–H groups in total. The van der Waals surface area contributed by atoms with Crippen molar-refractivity contribution in [3.63, 3.8) is 0 Å². The molecule has 0 radical (unpaired) electrons. The lowest BCUT2D eigenvalue weighted by Gasteiger charge is -2.13. The standard InChI is InChI=1S/C10H10BrF2N/c1-6-2-3-7(8(11)4-6)9(14)5-10(9,12)13/h2-4H,5,14H2,1H3. The van der Waals surface area contributed by atoms with Gasteiger partial charge < -0.3 is 5.73 Å². The minimum atomic E-state index is -2.76. The Morgan fingerprint density at radius 3 is 2.43 bits per heavy atom. The second-order valence-corrected chi connectivity index (χ2v) is 4.69. The SMILES string of the molecule is Cc1ccc(C2(N)CC2(F)F)c(Br)c1. The van der Waals surface area contributed by atoms with Crippen LogP contribution in [-0.4, -0.2) is 5.92 Å². The van der Waals surface area contributed by atoms with Gasteiger partial charge in [-0.25, -0.2) is 8.78 Å². The minimum Gasteiger partial charge on any atom is -0.316 e. The van der Waals surface area contributed by atoms with E-state index < -0.39 is 11.5 Å². The number of hydrogen-bond acceptors (Lipinski definition) is 1. The Morgan fingerprint density at radius 2 is 2.00 bits per heavy atom. The molecule has 1 fully saturated rings. The zero-order chi connectivity index (χ0) is 10.6. The summed E-state index contributed by atoms with van der Waals surface area (Å²) in [6.07, 6.45) is -0.262. The van der Waals surface area contributed by atoms with Crippen molar-refractivity contribution in [1.29, 1.82) is 0 Å². The molecule has 0 spiro atoms. The van der Waals surface area contributed by atoms with E-state index in [0.717, 1.165) is 5.56 Å². The van der Waals surface area contributed by atoms with E-state index in [1.165, 1.54) is 0 Å². The Balaban J connectivity index is 2.45. The lowest BCUT2D eigenvalue weighted by Crippen LogP contribution is -2.27. The molecule has 2 rings (SSSR count). The molecule has 1 aromatic rings. The summed E-state index contributed by atoms with van der Waals surface area (Å²) in [5, 5.41) is 0. The van der Waals surface area contributed by atoms with Crippen LogP contribution < -0.4 is 5.73 Å². The van der Waals surface area contributed by atoms with Gasteiger partial charge in [0.1, 0.15) is 5.54 Å². The maximum Gasteiger partial charge on any atom is 0.272 e. The van der Waals surface area contributed by atoms with Crippen molar-refractivity contribution in [1.82, 2.24) is 0 Å². The number of benzene rings is 1. The fourth-order valence-corrected chi connectivity index (χ4v) is 2.43. The van der Waals surface area contributed by atoms with Crippen molar-refractivity contribution < 1.29 is 8.78 Å². The summed E-state index contributed by atoms with van der Waals surface area (Å²) in [5.74, 6) is -2.76. The third-order valence-electron chi connectivity index (χ3n) is 2.63. The van der Waals surface area contributed by atoms with Crippen molar-refractivity contribution in [3.8, 4) is 0 Å². The quantitative estimate of drug-likeness (QED) is 0.827. The molecule has 0 bridgehead atoms. The molecule has 14 heavy (non-hydrogen) atoms. The van der Waals surface area contributed by atoms with E-state index in [9.17, 15) is 8.78 Å². The number of hydrogen-bond donors (Lipinski definition) is 1. The van der Waals surface area contributed by atoms with E-state index in [1.54, 1.807) is 18.2 Å². The highest BCUT2D eigenvalue weighted by Crippen LogP contribution is 2.58. The highest BCUT2D eigenvalue weighted by Gasteiger charge is 2.70. The van der Waals surface area contributed by atoms with Gasteiger partial charge in [0.25, 0.3) is 5.92 Å². The molecule has 4 heteroatoms. The maximum absolute atomic E-state index is 13.0. The molecule has 0 amide bonds. The summed E-state index contributed by atoms with van der Waals surface area (Å²) < 4.78 is 26.7. The van der Waals surface area contributed by atoms with Crippen LogP contribution in [0.3, 0.4) is 0 Å². The van der Waals surface area contributed by atoms with Gasteiger partial charge in [0.05, 0.1) is 0 Å². The number of alkyl halides is 2. The maximum atomic E-state index is 13.0. The predicted octanol–water partition coefficient (Wildman–Crippen LogP) is 2.95. The van der Waals surface area contributed by atoms with Gasteiger partial charge in [-0.1, -0.05) is 28.1 Å². The zero-order valence-corrected chi connectivity index (χ0v) is 9.24. The van der Waals surface area contributed by atoms with Crippen molar-refractivity contribution in [3.05, 3.63) is 33.8 Å². The van der Waals surface area contributed by atoms with Gasteiger partial charge in [0.2, 0.25) is 0 Å². The normalized spacial score (nSPS) is 28.9. The van der Waals surface area contributed by atoms with Crippen LogP contribution in [0.5, 0.6) is 0 Å². The van der Waals surface area contributed by atoms with Gasteiger partial charge in [0.15, 0.2) is 0 Å². The Kier molecular flexibility index (Phi) is 1.98. The first-order chi connectivity index (χ1) is 6.37. The summed E-state index contributed by atoms with van der Waals surface area (Å²) in [6, 6.07) is 5.27. The lowest BCUT2D eigenvalue weighted by molar-refractivity contribution is 0.0889. The first kappa shape index (κ1) is 10.1. The van der Waals surface area contributed by atoms with Crippen molar-refractivity contribution >= 4 is 15.9 Å². The molecular formula is C10H10BrF2N. The fourth-order valence-electron chi connectivity index (χ4n) is 1.58. The molecule has 1 atom stereocenters. The summed E-state index contributed by atoms with van der Waals surface area (Å²) >= 11 is 3.26. The third kappa shape index (κ3) is 1.28. The van der Waals surface area contributed by atoms with Gasteiger partial charge in [-0.05, 0) is 24.1 Å². The Labute approximate surface area is 89.4 Å². The van der Waals surface area contributed by atoms with Crippen molar-refractivity contribution in [2.45, 2.75) is 24.8 Å². The second-order valence-electron chi connectivity index (χ2n) is 3.84. The molecular weight excluding hydrogens is 252 g/mol. The fraction of sp³-hybridized carbons (Fsp3) is 0.400.